The van der Waals surface area contributed by atoms with Gasteiger partial charge in [0, 0.05) is 24.8 Å². The van der Waals surface area contributed by atoms with Gasteiger partial charge in [-0.1, -0.05) is 0 Å². The monoisotopic (exact) mass is 395 g/mol. The maximum absolute atomic E-state index is 13.6. The SMILES string of the molecule is O=C(O)c1cnn(C2CCN(C(=O)c3ccc(Br)c(F)c3)CC2)c1. The topological polar surface area (TPSA) is 75.4 Å². The third-order valence-electron chi connectivity index (χ3n) is 4.14. The average molecular weight is 396 g/mol. The maximum atomic E-state index is 13.6. The Kier molecular flexibility index (Phi) is 4.66. The molecule has 1 saturated heterocycles. The summed E-state index contributed by atoms with van der Waals surface area (Å²) in [5.41, 5.74) is 0.472. The van der Waals surface area contributed by atoms with Crippen LogP contribution in [-0.4, -0.2) is 44.8 Å². The molecular formula is C16H15BrFN3O3. The van der Waals surface area contributed by atoms with Crippen molar-refractivity contribution in [2.24, 2.45) is 0 Å². The number of rotatable bonds is 3. The fourth-order valence-electron chi connectivity index (χ4n) is 2.79. The van der Waals surface area contributed by atoms with E-state index in [1.54, 1.807) is 15.6 Å². The smallest absolute Gasteiger partial charge is 0.338 e. The third kappa shape index (κ3) is 3.33. The summed E-state index contributed by atoms with van der Waals surface area (Å²) in [6.45, 7) is 1.03. The number of aromatic carboxylic acids is 1. The standard InChI is InChI=1S/C16H15BrFN3O3/c17-13-2-1-10(7-14(13)18)15(22)20-5-3-12(4-6-20)21-9-11(8-19-21)16(23)24/h1-2,7-9,12H,3-6H2,(H,23,24). The fraction of sp³-hybridized carbons (Fsp3) is 0.312. The molecule has 1 amide bonds. The Morgan fingerprint density at radius 1 is 1.25 bits per heavy atom. The quantitative estimate of drug-likeness (QED) is 0.866. The molecule has 1 aromatic carbocycles. The number of halogens is 2. The molecule has 0 atom stereocenters. The van der Waals surface area contributed by atoms with E-state index in [2.05, 4.69) is 21.0 Å². The molecule has 0 saturated carbocycles. The molecule has 1 fully saturated rings. The summed E-state index contributed by atoms with van der Waals surface area (Å²) in [5, 5.41) is 13.0. The Hall–Kier alpha value is -2.22. The molecular weight excluding hydrogens is 381 g/mol. The number of hydrogen-bond acceptors (Lipinski definition) is 3. The second-order valence-electron chi connectivity index (χ2n) is 5.67. The Labute approximate surface area is 146 Å². The number of carbonyl (C=O) groups excluding carboxylic acids is 1. The summed E-state index contributed by atoms with van der Waals surface area (Å²) < 4.78 is 15.5. The van der Waals surface area contributed by atoms with E-state index in [4.69, 9.17) is 5.11 Å². The fourth-order valence-corrected chi connectivity index (χ4v) is 3.04. The van der Waals surface area contributed by atoms with Gasteiger partial charge >= 0.3 is 5.97 Å². The molecule has 0 spiro atoms. The second kappa shape index (κ2) is 6.72. The number of likely N-dealkylation sites (tertiary alicyclic amines) is 1. The maximum Gasteiger partial charge on any atom is 0.338 e. The molecule has 126 valence electrons. The van der Waals surface area contributed by atoms with Crippen molar-refractivity contribution in [1.29, 1.82) is 0 Å². The van der Waals surface area contributed by atoms with Gasteiger partial charge in [-0.25, -0.2) is 9.18 Å². The van der Waals surface area contributed by atoms with Crippen molar-refractivity contribution in [3.8, 4) is 0 Å². The Balaban J connectivity index is 1.64. The number of carboxylic acid groups (broad SMARTS) is 1. The van der Waals surface area contributed by atoms with E-state index in [1.165, 1.54) is 24.5 Å². The summed E-state index contributed by atoms with van der Waals surface area (Å²) in [7, 11) is 0. The summed E-state index contributed by atoms with van der Waals surface area (Å²) in [5.74, 6) is -1.67. The minimum absolute atomic E-state index is 0.0591. The van der Waals surface area contributed by atoms with Crippen molar-refractivity contribution in [2.75, 3.05) is 13.1 Å². The Bertz CT molecular complexity index is 785. The van der Waals surface area contributed by atoms with Crippen LogP contribution in [0, 0.1) is 5.82 Å². The summed E-state index contributed by atoms with van der Waals surface area (Å²) in [4.78, 5) is 25.0. The molecule has 2 heterocycles. The normalized spacial score (nSPS) is 15.5. The molecule has 8 heteroatoms. The molecule has 6 nitrogen and oxygen atoms in total. The van der Waals surface area contributed by atoms with Crippen molar-refractivity contribution in [3.63, 3.8) is 0 Å². The van der Waals surface area contributed by atoms with Gasteiger partial charge in [-0.15, -0.1) is 0 Å². The molecule has 1 aromatic heterocycles. The van der Waals surface area contributed by atoms with Crippen molar-refractivity contribution in [3.05, 3.63) is 52.0 Å². The van der Waals surface area contributed by atoms with Crippen molar-refractivity contribution in [2.45, 2.75) is 18.9 Å². The zero-order valence-electron chi connectivity index (χ0n) is 12.7. The molecule has 24 heavy (non-hydrogen) atoms. The first-order valence-electron chi connectivity index (χ1n) is 7.47. The van der Waals surface area contributed by atoms with E-state index < -0.39 is 11.8 Å². The first-order chi connectivity index (χ1) is 11.5. The van der Waals surface area contributed by atoms with E-state index >= 15 is 0 Å². The first-order valence-corrected chi connectivity index (χ1v) is 8.27. The zero-order chi connectivity index (χ0) is 17.3. The van der Waals surface area contributed by atoms with E-state index in [-0.39, 0.29) is 17.5 Å². The van der Waals surface area contributed by atoms with Crippen LogP contribution in [0.15, 0.2) is 35.1 Å². The van der Waals surface area contributed by atoms with E-state index in [1.807, 2.05) is 0 Å². The molecule has 1 N–H and O–H groups in total. The van der Waals surface area contributed by atoms with Crippen molar-refractivity contribution >= 4 is 27.8 Å². The van der Waals surface area contributed by atoms with Gasteiger partial charge in [-0.2, -0.15) is 5.10 Å². The molecule has 2 aromatic rings. The molecule has 1 aliphatic rings. The lowest BCUT2D eigenvalue weighted by Crippen LogP contribution is -2.39. The second-order valence-corrected chi connectivity index (χ2v) is 6.52. The van der Waals surface area contributed by atoms with E-state index in [0.717, 1.165) is 0 Å². The minimum atomic E-state index is -1.01. The molecule has 1 aliphatic heterocycles. The molecule has 0 radical (unpaired) electrons. The predicted octanol–water partition coefficient (Wildman–Crippen LogP) is 2.96. The van der Waals surface area contributed by atoms with Gasteiger partial charge < -0.3 is 10.0 Å². The Morgan fingerprint density at radius 3 is 2.54 bits per heavy atom. The van der Waals surface area contributed by atoms with Crippen LogP contribution in [0.3, 0.4) is 0 Å². The highest BCUT2D eigenvalue weighted by Gasteiger charge is 2.25. The van der Waals surface area contributed by atoms with Crippen LogP contribution in [0.5, 0.6) is 0 Å². The van der Waals surface area contributed by atoms with Gasteiger partial charge in [0.1, 0.15) is 5.82 Å². The van der Waals surface area contributed by atoms with Crippen LogP contribution in [0.4, 0.5) is 4.39 Å². The third-order valence-corrected chi connectivity index (χ3v) is 4.78. The lowest BCUT2D eigenvalue weighted by molar-refractivity contribution is 0.0688. The van der Waals surface area contributed by atoms with Gasteiger partial charge in [0.25, 0.3) is 5.91 Å². The number of benzene rings is 1. The van der Waals surface area contributed by atoms with Crippen molar-refractivity contribution in [1.82, 2.24) is 14.7 Å². The number of carboxylic acids is 1. The largest absolute Gasteiger partial charge is 0.478 e. The van der Waals surface area contributed by atoms with E-state index in [0.29, 0.717) is 36.0 Å². The highest BCUT2D eigenvalue weighted by Crippen LogP contribution is 2.24. The molecule has 0 aliphatic carbocycles. The van der Waals surface area contributed by atoms with Crippen LogP contribution in [-0.2, 0) is 0 Å². The number of nitrogens with zero attached hydrogens (tertiary/aromatic N) is 3. The van der Waals surface area contributed by atoms with Gasteiger partial charge in [-0.05, 0) is 47.0 Å². The van der Waals surface area contributed by atoms with Crippen LogP contribution in [0.1, 0.15) is 39.6 Å². The minimum Gasteiger partial charge on any atom is -0.478 e. The van der Waals surface area contributed by atoms with E-state index in [9.17, 15) is 14.0 Å². The number of hydrogen-bond donors (Lipinski definition) is 1. The highest BCUT2D eigenvalue weighted by molar-refractivity contribution is 9.10. The summed E-state index contributed by atoms with van der Waals surface area (Å²) in [6, 6.07) is 4.40. The molecule has 0 bridgehead atoms. The van der Waals surface area contributed by atoms with Crippen molar-refractivity contribution < 1.29 is 19.1 Å². The summed E-state index contributed by atoms with van der Waals surface area (Å²) in [6.07, 6.45) is 4.18. The Morgan fingerprint density at radius 2 is 1.96 bits per heavy atom. The first kappa shape index (κ1) is 16.6. The van der Waals surface area contributed by atoms with Gasteiger partial charge in [0.05, 0.1) is 22.3 Å². The van der Waals surface area contributed by atoms with Crippen LogP contribution in [0.25, 0.3) is 0 Å². The lowest BCUT2D eigenvalue weighted by atomic mass is 10.0. The predicted molar refractivity (Wildman–Crippen MR) is 87.5 cm³/mol. The number of carbonyl (C=O) groups is 2. The molecule has 0 unspecified atom stereocenters. The number of amides is 1. The zero-order valence-corrected chi connectivity index (χ0v) is 14.2. The molecule has 3 rings (SSSR count). The number of piperidine rings is 1. The number of aromatic nitrogens is 2. The summed E-state index contributed by atoms with van der Waals surface area (Å²) >= 11 is 3.07. The lowest BCUT2D eigenvalue weighted by Gasteiger charge is -2.32. The van der Waals surface area contributed by atoms with Gasteiger partial charge in [0.15, 0.2) is 0 Å². The average Bonchev–Trinajstić information content (AvgIpc) is 3.07. The highest BCUT2D eigenvalue weighted by atomic mass is 79.9. The van der Waals surface area contributed by atoms with Crippen LogP contribution in [0.2, 0.25) is 0 Å². The van der Waals surface area contributed by atoms with Crippen LogP contribution < -0.4 is 0 Å². The van der Waals surface area contributed by atoms with Gasteiger partial charge in [-0.3, -0.25) is 9.48 Å². The van der Waals surface area contributed by atoms with Gasteiger partial charge in [0.2, 0.25) is 0 Å². The van der Waals surface area contributed by atoms with Crippen LogP contribution >= 0.6 is 15.9 Å².